The lowest BCUT2D eigenvalue weighted by Gasteiger charge is -2.23. The van der Waals surface area contributed by atoms with E-state index in [9.17, 15) is 4.79 Å². The number of benzene rings is 1. The number of fused-ring (bicyclic) bond motifs is 1. The van der Waals surface area contributed by atoms with Gasteiger partial charge in [-0.2, -0.15) is 5.26 Å². The van der Waals surface area contributed by atoms with Gasteiger partial charge in [0.05, 0.1) is 17.7 Å². The van der Waals surface area contributed by atoms with Crippen LogP contribution in [0.5, 0.6) is 0 Å². The average Bonchev–Trinajstić information content (AvgIpc) is 3.22. The topological polar surface area (TPSA) is 132 Å². The van der Waals surface area contributed by atoms with Gasteiger partial charge in [-0.25, -0.2) is 9.78 Å². The zero-order chi connectivity index (χ0) is 24.5. The van der Waals surface area contributed by atoms with Crippen molar-refractivity contribution in [3.63, 3.8) is 0 Å². The second-order valence-corrected chi connectivity index (χ2v) is 8.02. The van der Waals surface area contributed by atoms with Crippen LogP contribution in [0.15, 0.2) is 36.2 Å². The molecule has 9 heteroatoms. The van der Waals surface area contributed by atoms with E-state index in [1.54, 1.807) is 19.4 Å². The highest BCUT2D eigenvalue weighted by Crippen LogP contribution is 2.29. The van der Waals surface area contributed by atoms with E-state index in [0.717, 1.165) is 27.8 Å². The van der Waals surface area contributed by atoms with Crippen molar-refractivity contribution in [2.45, 2.75) is 26.5 Å². The number of methoxy groups -OCH3 is 1. The number of ether oxygens (including phenoxy) is 2. The van der Waals surface area contributed by atoms with Crippen molar-refractivity contribution in [2.75, 3.05) is 38.7 Å². The van der Waals surface area contributed by atoms with Gasteiger partial charge in [0, 0.05) is 57.0 Å². The highest BCUT2D eigenvalue weighted by Gasteiger charge is 2.26. The fourth-order valence-corrected chi connectivity index (χ4v) is 3.80. The summed E-state index contributed by atoms with van der Waals surface area (Å²) in [5.74, 6) is 0.340. The van der Waals surface area contributed by atoms with Crippen LogP contribution in [0.2, 0.25) is 0 Å². The molecule has 178 valence electrons. The van der Waals surface area contributed by atoms with E-state index in [1.165, 1.54) is 12.4 Å². The Morgan fingerprint density at radius 3 is 2.94 bits per heavy atom. The molecule has 1 aromatic carbocycles. The summed E-state index contributed by atoms with van der Waals surface area (Å²) in [5.41, 5.74) is 5.83. The van der Waals surface area contributed by atoms with E-state index in [0.29, 0.717) is 49.8 Å². The van der Waals surface area contributed by atoms with Crippen LogP contribution in [0.25, 0.3) is 0 Å². The van der Waals surface area contributed by atoms with Gasteiger partial charge in [-0.05, 0) is 48.2 Å². The number of pyridine rings is 1. The van der Waals surface area contributed by atoms with E-state index in [4.69, 9.17) is 20.1 Å². The van der Waals surface area contributed by atoms with Crippen molar-refractivity contribution in [3.8, 4) is 6.07 Å². The lowest BCUT2D eigenvalue weighted by atomic mass is 9.94. The Bertz CT molecular complexity index is 1120. The van der Waals surface area contributed by atoms with Crippen LogP contribution in [0, 0.1) is 30.6 Å². The SMILES string of the molecule is COCCN[C@@H](CNC/C(C=N)=C/Nc1cc(C)c(C#N)cn1)c1ccc2c(c1C)COC2=O. The Hall–Kier alpha value is -3.58. The Kier molecular flexibility index (Phi) is 8.87. The first-order chi connectivity index (χ1) is 16.5. The first-order valence-corrected chi connectivity index (χ1v) is 11.0. The van der Waals surface area contributed by atoms with Gasteiger partial charge in [0.25, 0.3) is 0 Å². The molecule has 0 radical (unpaired) electrons. The minimum Gasteiger partial charge on any atom is -0.457 e. The first kappa shape index (κ1) is 25.1. The van der Waals surface area contributed by atoms with Crippen molar-refractivity contribution >= 4 is 18.0 Å². The predicted octanol–water partition coefficient (Wildman–Crippen LogP) is 2.75. The molecule has 0 amide bonds. The molecule has 0 saturated heterocycles. The molecule has 4 N–H and O–H groups in total. The van der Waals surface area contributed by atoms with Gasteiger partial charge in [-0.15, -0.1) is 0 Å². The number of aromatic nitrogens is 1. The second-order valence-electron chi connectivity index (χ2n) is 8.02. The van der Waals surface area contributed by atoms with E-state index < -0.39 is 0 Å². The molecule has 2 heterocycles. The number of anilines is 1. The largest absolute Gasteiger partial charge is 0.457 e. The number of nitrogens with one attached hydrogen (secondary N) is 4. The third-order valence-electron chi connectivity index (χ3n) is 5.78. The normalized spacial score (nSPS) is 13.7. The molecule has 0 fully saturated rings. The zero-order valence-electron chi connectivity index (χ0n) is 19.7. The van der Waals surface area contributed by atoms with Crippen LogP contribution in [0.3, 0.4) is 0 Å². The van der Waals surface area contributed by atoms with Crippen LogP contribution in [0.1, 0.15) is 44.2 Å². The molecule has 0 aliphatic carbocycles. The van der Waals surface area contributed by atoms with Crippen LogP contribution >= 0.6 is 0 Å². The minimum atomic E-state index is -0.271. The molecule has 1 aliphatic rings. The van der Waals surface area contributed by atoms with Gasteiger partial charge in [-0.3, -0.25) is 0 Å². The average molecular weight is 463 g/mol. The molecule has 34 heavy (non-hydrogen) atoms. The number of aryl methyl sites for hydroxylation is 1. The number of nitrogens with zero attached hydrogens (tertiary/aromatic N) is 2. The number of esters is 1. The van der Waals surface area contributed by atoms with Crippen molar-refractivity contribution < 1.29 is 14.3 Å². The van der Waals surface area contributed by atoms with Gasteiger partial charge < -0.3 is 30.8 Å². The maximum Gasteiger partial charge on any atom is 0.338 e. The quantitative estimate of drug-likeness (QED) is 0.215. The summed E-state index contributed by atoms with van der Waals surface area (Å²) in [4.78, 5) is 16.1. The fraction of sp³-hybridized carbons (Fsp3) is 0.360. The van der Waals surface area contributed by atoms with E-state index in [1.807, 2.05) is 26.0 Å². The lowest BCUT2D eigenvalue weighted by molar-refractivity contribution is 0.0535. The standard InChI is InChI=1S/C25H30N6O3/c1-16-8-24(31-13-19(16)10-27)30-12-18(9-26)11-28-14-23(29-6-7-33-3)20-4-5-21-22(17(20)2)15-34-25(21)32/h4-5,8-9,12-13,23,26,28-29H,6-7,11,14-15H2,1-3H3,(H,30,31)/b18-12+,26-9?/t23-/m0/s1. The van der Waals surface area contributed by atoms with Crippen LogP contribution in [-0.2, 0) is 16.1 Å². The summed E-state index contributed by atoms with van der Waals surface area (Å²) in [6.45, 7) is 6.51. The molecule has 3 rings (SSSR count). The summed E-state index contributed by atoms with van der Waals surface area (Å²) < 4.78 is 10.4. The number of carbonyl (C=O) groups is 1. The molecule has 1 aliphatic heterocycles. The highest BCUT2D eigenvalue weighted by molar-refractivity contribution is 5.94. The van der Waals surface area contributed by atoms with Gasteiger partial charge in [-0.1, -0.05) is 6.07 Å². The number of hydrogen-bond donors (Lipinski definition) is 4. The van der Waals surface area contributed by atoms with Crippen molar-refractivity contribution in [1.82, 2.24) is 15.6 Å². The third-order valence-corrected chi connectivity index (χ3v) is 5.78. The molecular weight excluding hydrogens is 432 g/mol. The molecule has 0 unspecified atom stereocenters. The lowest BCUT2D eigenvalue weighted by Crippen LogP contribution is -2.35. The van der Waals surface area contributed by atoms with Crippen molar-refractivity contribution in [3.05, 3.63) is 69.5 Å². The number of nitriles is 1. The van der Waals surface area contributed by atoms with E-state index in [2.05, 4.69) is 27.0 Å². The molecule has 1 aromatic heterocycles. The van der Waals surface area contributed by atoms with Gasteiger partial charge in [0.1, 0.15) is 18.5 Å². The molecule has 0 spiro atoms. The van der Waals surface area contributed by atoms with Crippen molar-refractivity contribution in [2.24, 2.45) is 0 Å². The Morgan fingerprint density at radius 1 is 1.41 bits per heavy atom. The zero-order valence-corrected chi connectivity index (χ0v) is 19.7. The van der Waals surface area contributed by atoms with Gasteiger partial charge in [0.2, 0.25) is 0 Å². The number of rotatable bonds is 12. The van der Waals surface area contributed by atoms with E-state index in [-0.39, 0.29) is 12.0 Å². The smallest absolute Gasteiger partial charge is 0.338 e. The van der Waals surface area contributed by atoms with Gasteiger partial charge >= 0.3 is 5.97 Å². The third kappa shape index (κ3) is 6.05. The van der Waals surface area contributed by atoms with Crippen LogP contribution < -0.4 is 16.0 Å². The Labute approximate surface area is 199 Å². The van der Waals surface area contributed by atoms with Crippen molar-refractivity contribution in [1.29, 1.82) is 10.7 Å². The summed E-state index contributed by atoms with van der Waals surface area (Å²) in [6.07, 6.45) is 4.54. The maximum absolute atomic E-state index is 11.9. The number of carbonyl (C=O) groups excluding carboxylic acids is 1. The molecule has 0 bridgehead atoms. The summed E-state index contributed by atoms with van der Waals surface area (Å²) in [7, 11) is 1.66. The van der Waals surface area contributed by atoms with Gasteiger partial charge in [0.15, 0.2) is 0 Å². The fourth-order valence-electron chi connectivity index (χ4n) is 3.80. The highest BCUT2D eigenvalue weighted by atomic mass is 16.5. The minimum absolute atomic E-state index is 0.0149. The van der Waals surface area contributed by atoms with E-state index >= 15 is 0 Å². The second kappa shape index (κ2) is 12.0. The first-order valence-electron chi connectivity index (χ1n) is 11.0. The number of cyclic esters (lactones) is 1. The monoisotopic (exact) mass is 462 g/mol. The Morgan fingerprint density at radius 2 is 2.24 bits per heavy atom. The predicted molar refractivity (Wildman–Crippen MR) is 130 cm³/mol. The molecule has 9 nitrogen and oxygen atoms in total. The number of hydrogen-bond acceptors (Lipinski definition) is 9. The molecule has 1 atom stereocenters. The summed E-state index contributed by atoms with van der Waals surface area (Å²) >= 11 is 0. The maximum atomic E-state index is 11.9. The van der Waals surface area contributed by atoms with Crippen LogP contribution in [-0.4, -0.2) is 50.5 Å². The van der Waals surface area contributed by atoms with Crippen LogP contribution in [0.4, 0.5) is 5.82 Å². The Balaban J connectivity index is 1.66. The molecule has 2 aromatic rings. The molecule has 0 saturated carbocycles. The summed E-state index contributed by atoms with van der Waals surface area (Å²) in [5, 5.41) is 26.8. The summed E-state index contributed by atoms with van der Waals surface area (Å²) in [6, 6.07) is 7.68. The molecular formula is C25H30N6O3.